The van der Waals surface area contributed by atoms with Gasteiger partial charge in [-0.15, -0.1) is 0 Å². The van der Waals surface area contributed by atoms with Crippen molar-refractivity contribution in [1.82, 2.24) is 0 Å². The fourth-order valence-electron chi connectivity index (χ4n) is 4.79. The number of rotatable bonds is 8. The minimum absolute atomic E-state index is 0.125. The topological polar surface area (TPSA) is 12.5 Å². The van der Waals surface area contributed by atoms with Crippen LogP contribution in [-0.2, 0) is 24.0 Å². The third-order valence-corrected chi connectivity index (χ3v) is 6.96. The lowest BCUT2D eigenvalue weighted by molar-refractivity contribution is 0.358. The zero-order chi connectivity index (χ0) is 24.4. The molecular weight excluding hydrogens is 445 g/mol. The highest BCUT2D eigenvalue weighted by Gasteiger charge is 2.33. The summed E-state index contributed by atoms with van der Waals surface area (Å²) < 4.78 is 49.6. The molecule has 0 spiro atoms. The van der Waals surface area contributed by atoms with Crippen molar-refractivity contribution >= 4 is 5.57 Å². The van der Waals surface area contributed by atoms with Crippen LogP contribution in [0, 0.1) is 17.6 Å². The van der Waals surface area contributed by atoms with Gasteiger partial charge in [-0.05, 0) is 59.6 Å². The number of allylic oxidation sites excluding steroid dienone is 3. The summed E-state index contributed by atoms with van der Waals surface area (Å²) in [6.45, 7) is 2.83. The van der Waals surface area contributed by atoms with Crippen molar-refractivity contribution < 1.29 is 17.9 Å². The number of benzene rings is 3. The van der Waals surface area contributed by atoms with Crippen LogP contribution in [0.2, 0.25) is 0 Å². The summed E-state index contributed by atoms with van der Waals surface area (Å²) in [5.41, 5.74) is 4.94. The van der Waals surface area contributed by atoms with Gasteiger partial charge in [-0.3, -0.25) is 0 Å². The van der Waals surface area contributed by atoms with Crippen LogP contribution in [0.4, 0.5) is 13.2 Å². The van der Waals surface area contributed by atoms with E-state index in [0.29, 0.717) is 36.1 Å². The summed E-state index contributed by atoms with van der Waals surface area (Å²) in [5.74, 6) is -1.67. The van der Waals surface area contributed by atoms with E-state index in [-0.39, 0.29) is 23.4 Å². The fourth-order valence-corrected chi connectivity index (χ4v) is 4.79. The average molecular weight is 475 g/mol. The van der Waals surface area contributed by atoms with Crippen LogP contribution >= 0.6 is 0 Å². The van der Waals surface area contributed by atoms with Crippen molar-refractivity contribution in [2.75, 3.05) is 6.61 Å². The molecule has 0 radical (unpaired) electrons. The SMILES string of the molecule is CCCc1ccc(-c2ccc(CCc3ccc(C4=CC[C@H](C5CO5)C=C4F)cc3)c(F)c2F)cc1. The standard InChI is InChI=1S/C31H29F3O/c1-2-3-20-4-11-23(12-5-20)27-17-14-24(30(33)31(27)34)13-8-21-6-9-22(10-7-21)26-16-15-25(18-28(26)32)29-19-35-29/h4-7,9-12,14,16-18,25,29H,2-3,8,13,15,19H2,1H3/t25-,29?/m0/s1. The van der Waals surface area contributed by atoms with Crippen LogP contribution < -0.4 is 0 Å². The minimum atomic E-state index is -0.803. The van der Waals surface area contributed by atoms with Gasteiger partial charge >= 0.3 is 0 Å². The fraction of sp³-hybridized carbons (Fsp3) is 0.290. The van der Waals surface area contributed by atoms with Gasteiger partial charge in [0.2, 0.25) is 0 Å². The molecule has 35 heavy (non-hydrogen) atoms. The molecule has 5 rings (SSSR count). The van der Waals surface area contributed by atoms with Crippen LogP contribution in [0.15, 0.2) is 78.6 Å². The Labute approximate surface area is 205 Å². The molecule has 0 bridgehead atoms. The molecule has 4 heteroatoms. The molecule has 3 aromatic rings. The Hall–Kier alpha value is -3.11. The maximum atomic E-state index is 14.9. The van der Waals surface area contributed by atoms with Crippen molar-refractivity contribution in [3.05, 3.63) is 113 Å². The minimum Gasteiger partial charge on any atom is -0.372 e. The highest BCUT2D eigenvalue weighted by Crippen LogP contribution is 2.36. The van der Waals surface area contributed by atoms with Gasteiger partial charge in [0.15, 0.2) is 11.6 Å². The number of ether oxygens (including phenoxy) is 1. The lowest BCUT2D eigenvalue weighted by Crippen LogP contribution is -2.08. The first-order valence-corrected chi connectivity index (χ1v) is 12.4. The smallest absolute Gasteiger partial charge is 0.166 e. The molecule has 1 heterocycles. The van der Waals surface area contributed by atoms with E-state index < -0.39 is 11.6 Å². The first kappa shape index (κ1) is 23.6. The normalized spacial score (nSPS) is 19.3. The van der Waals surface area contributed by atoms with Gasteiger partial charge in [0, 0.05) is 17.1 Å². The maximum absolute atomic E-state index is 14.9. The maximum Gasteiger partial charge on any atom is 0.166 e. The van der Waals surface area contributed by atoms with Crippen LogP contribution in [0.25, 0.3) is 16.7 Å². The molecule has 1 unspecified atom stereocenters. The van der Waals surface area contributed by atoms with Crippen LogP contribution in [0.1, 0.15) is 42.0 Å². The van der Waals surface area contributed by atoms with E-state index in [2.05, 4.69) is 6.92 Å². The largest absolute Gasteiger partial charge is 0.372 e. The summed E-state index contributed by atoms with van der Waals surface area (Å²) in [7, 11) is 0. The molecule has 1 saturated heterocycles. The van der Waals surface area contributed by atoms with E-state index in [1.807, 2.05) is 54.6 Å². The third kappa shape index (κ3) is 5.28. The van der Waals surface area contributed by atoms with Crippen molar-refractivity contribution in [2.45, 2.75) is 45.1 Å². The molecule has 1 aliphatic carbocycles. The Kier molecular flexibility index (Phi) is 6.92. The number of hydrogen-bond donors (Lipinski definition) is 0. The number of epoxide rings is 1. The molecule has 0 amide bonds. The molecule has 1 fully saturated rings. The van der Waals surface area contributed by atoms with E-state index in [1.165, 1.54) is 5.56 Å². The first-order valence-electron chi connectivity index (χ1n) is 12.4. The summed E-state index contributed by atoms with van der Waals surface area (Å²) in [6.07, 6.45) is 7.51. The van der Waals surface area contributed by atoms with Crippen molar-refractivity contribution in [1.29, 1.82) is 0 Å². The highest BCUT2D eigenvalue weighted by atomic mass is 19.2. The van der Waals surface area contributed by atoms with Gasteiger partial charge < -0.3 is 4.74 Å². The molecule has 1 nitrogen and oxygen atoms in total. The monoisotopic (exact) mass is 474 g/mol. The lowest BCUT2D eigenvalue weighted by Gasteiger charge is -2.16. The molecule has 0 saturated carbocycles. The molecule has 0 aromatic heterocycles. The third-order valence-electron chi connectivity index (χ3n) is 6.96. The molecule has 1 aliphatic heterocycles. The second kappa shape index (κ2) is 10.2. The van der Waals surface area contributed by atoms with Crippen molar-refractivity contribution in [3.8, 4) is 11.1 Å². The zero-order valence-electron chi connectivity index (χ0n) is 19.9. The summed E-state index contributed by atoms with van der Waals surface area (Å²) in [6, 6.07) is 18.6. The summed E-state index contributed by atoms with van der Waals surface area (Å²) >= 11 is 0. The van der Waals surface area contributed by atoms with Gasteiger partial charge in [-0.2, -0.15) is 0 Å². The van der Waals surface area contributed by atoms with Crippen LogP contribution in [-0.4, -0.2) is 12.7 Å². The lowest BCUT2D eigenvalue weighted by atomic mass is 9.90. The van der Waals surface area contributed by atoms with Gasteiger partial charge in [0.25, 0.3) is 0 Å². The summed E-state index contributed by atoms with van der Waals surface area (Å²) in [4.78, 5) is 0. The van der Waals surface area contributed by atoms with E-state index in [4.69, 9.17) is 4.74 Å². The average Bonchev–Trinajstić information content (AvgIpc) is 3.72. The number of hydrogen-bond acceptors (Lipinski definition) is 1. The second-order valence-corrected chi connectivity index (χ2v) is 9.45. The summed E-state index contributed by atoms with van der Waals surface area (Å²) in [5, 5.41) is 0. The van der Waals surface area contributed by atoms with E-state index in [9.17, 15) is 13.2 Å². The zero-order valence-corrected chi connectivity index (χ0v) is 19.9. The van der Waals surface area contributed by atoms with Gasteiger partial charge in [-0.1, -0.05) is 80.1 Å². The van der Waals surface area contributed by atoms with Crippen molar-refractivity contribution in [3.63, 3.8) is 0 Å². The Morgan fingerprint density at radius 2 is 1.43 bits per heavy atom. The van der Waals surface area contributed by atoms with Crippen LogP contribution in [0.3, 0.4) is 0 Å². The number of aryl methyl sites for hydroxylation is 3. The Morgan fingerprint density at radius 1 is 0.771 bits per heavy atom. The Balaban J connectivity index is 1.24. The Morgan fingerprint density at radius 3 is 2.06 bits per heavy atom. The highest BCUT2D eigenvalue weighted by molar-refractivity contribution is 5.78. The number of halogens is 3. The van der Waals surface area contributed by atoms with Gasteiger partial charge in [0.1, 0.15) is 5.83 Å². The predicted molar refractivity (Wildman–Crippen MR) is 135 cm³/mol. The van der Waals surface area contributed by atoms with Gasteiger partial charge in [0.05, 0.1) is 12.7 Å². The Bertz CT molecular complexity index is 1250. The molecular formula is C31H29F3O. The van der Waals surface area contributed by atoms with E-state index in [0.717, 1.165) is 30.4 Å². The van der Waals surface area contributed by atoms with E-state index >= 15 is 0 Å². The quantitative estimate of drug-likeness (QED) is 0.301. The molecule has 2 aliphatic rings. The predicted octanol–water partition coefficient (Wildman–Crippen LogP) is 8.03. The molecule has 2 atom stereocenters. The van der Waals surface area contributed by atoms with Crippen molar-refractivity contribution in [2.24, 2.45) is 5.92 Å². The second-order valence-electron chi connectivity index (χ2n) is 9.45. The molecule has 0 N–H and O–H groups in total. The molecule has 3 aromatic carbocycles. The first-order chi connectivity index (χ1) is 17.0. The van der Waals surface area contributed by atoms with E-state index in [1.54, 1.807) is 18.2 Å². The van der Waals surface area contributed by atoms with Gasteiger partial charge in [-0.25, -0.2) is 13.2 Å². The molecule has 180 valence electrons. The van der Waals surface area contributed by atoms with Crippen LogP contribution in [0.5, 0.6) is 0 Å².